The first-order valence-corrected chi connectivity index (χ1v) is 7.13. The maximum atomic E-state index is 11.9. The van der Waals surface area contributed by atoms with Gasteiger partial charge in [-0.25, -0.2) is 12.7 Å². The molecule has 88 valence electrons. The van der Waals surface area contributed by atoms with E-state index < -0.39 is 10.0 Å². The number of ether oxygens (including phenoxy) is 1. The molecule has 0 radical (unpaired) electrons. The molecule has 1 saturated carbocycles. The van der Waals surface area contributed by atoms with Crippen LogP contribution in [0.3, 0.4) is 0 Å². The van der Waals surface area contributed by atoms with E-state index in [0.717, 1.165) is 32.3 Å². The molecule has 15 heavy (non-hydrogen) atoms. The van der Waals surface area contributed by atoms with E-state index in [1.807, 2.05) is 0 Å². The van der Waals surface area contributed by atoms with E-state index in [2.05, 4.69) is 0 Å². The van der Waals surface area contributed by atoms with Gasteiger partial charge in [0.15, 0.2) is 0 Å². The normalized spacial score (nSPS) is 25.7. The summed E-state index contributed by atoms with van der Waals surface area (Å²) < 4.78 is 30.6. The Morgan fingerprint density at radius 3 is 2.27 bits per heavy atom. The molecule has 0 aromatic heterocycles. The number of piperidine rings is 1. The van der Waals surface area contributed by atoms with Crippen molar-refractivity contribution < 1.29 is 13.2 Å². The van der Waals surface area contributed by atoms with Gasteiger partial charge in [-0.15, -0.1) is 0 Å². The molecule has 1 aliphatic carbocycles. The highest BCUT2D eigenvalue weighted by Crippen LogP contribution is 2.33. The summed E-state index contributed by atoms with van der Waals surface area (Å²) in [7, 11) is -1.23. The van der Waals surface area contributed by atoms with Crippen LogP contribution in [0.4, 0.5) is 0 Å². The number of sulfonamides is 1. The Morgan fingerprint density at radius 1 is 1.20 bits per heavy atom. The Kier molecular flexibility index (Phi) is 3.33. The minimum absolute atomic E-state index is 0.0588. The minimum Gasteiger partial charge on any atom is -0.384 e. The number of nitrogens with zero attached hydrogens (tertiary/aromatic N) is 1. The van der Waals surface area contributed by atoms with Crippen LogP contribution in [0.25, 0.3) is 0 Å². The quantitative estimate of drug-likeness (QED) is 0.723. The van der Waals surface area contributed by atoms with Gasteiger partial charge >= 0.3 is 0 Å². The van der Waals surface area contributed by atoms with Crippen molar-refractivity contribution in [2.45, 2.75) is 30.9 Å². The van der Waals surface area contributed by atoms with Crippen LogP contribution in [0.2, 0.25) is 0 Å². The molecule has 1 aliphatic heterocycles. The van der Waals surface area contributed by atoms with E-state index >= 15 is 0 Å². The first-order valence-electron chi connectivity index (χ1n) is 5.62. The maximum Gasteiger partial charge on any atom is 0.216 e. The summed E-state index contributed by atoms with van der Waals surface area (Å²) in [5.74, 6) is 0.542. The second kappa shape index (κ2) is 4.39. The van der Waals surface area contributed by atoms with Crippen LogP contribution in [-0.4, -0.2) is 44.8 Å². The summed E-state index contributed by atoms with van der Waals surface area (Å²) in [6.45, 7) is 2.14. The summed E-state index contributed by atoms with van der Waals surface area (Å²) in [6.07, 6.45) is 3.61. The molecule has 0 aromatic rings. The molecule has 0 unspecified atom stereocenters. The molecule has 2 fully saturated rings. The Labute approximate surface area is 91.6 Å². The first-order chi connectivity index (χ1) is 7.14. The molecule has 4 nitrogen and oxygen atoms in total. The van der Waals surface area contributed by atoms with Gasteiger partial charge in [0.25, 0.3) is 0 Å². The Bertz CT molecular complexity index is 303. The Balaban J connectivity index is 1.87. The first kappa shape index (κ1) is 11.4. The molecule has 2 aliphatic rings. The number of hydrogen-bond donors (Lipinski definition) is 0. The summed E-state index contributed by atoms with van der Waals surface area (Å²) in [6, 6.07) is 0. The van der Waals surface area contributed by atoms with Crippen LogP contribution in [0, 0.1) is 5.92 Å². The lowest BCUT2D eigenvalue weighted by Crippen LogP contribution is -2.40. The summed E-state index contributed by atoms with van der Waals surface area (Å²) in [5.41, 5.74) is 0. The van der Waals surface area contributed by atoms with Crippen molar-refractivity contribution in [2.24, 2.45) is 5.92 Å². The highest BCUT2D eigenvalue weighted by atomic mass is 32.2. The van der Waals surface area contributed by atoms with E-state index in [0.29, 0.717) is 19.0 Å². The van der Waals surface area contributed by atoms with Crippen LogP contribution in [0.1, 0.15) is 25.7 Å². The maximum absolute atomic E-state index is 11.9. The van der Waals surface area contributed by atoms with Gasteiger partial charge in [0, 0.05) is 26.8 Å². The van der Waals surface area contributed by atoms with E-state index in [1.165, 1.54) is 0 Å². The second-order valence-electron chi connectivity index (χ2n) is 4.54. The fourth-order valence-electron chi connectivity index (χ4n) is 2.14. The molecular weight excluding hydrogens is 214 g/mol. The highest BCUT2D eigenvalue weighted by Gasteiger charge is 2.40. The second-order valence-corrected chi connectivity index (χ2v) is 6.76. The Hall–Kier alpha value is -0.130. The summed E-state index contributed by atoms with van der Waals surface area (Å²) in [5, 5.41) is -0.0588. The zero-order valence-electron chi connectivity index (χ0n) is 9.18. The molecule has 0 N–H and O–H groups in total. The number of rotatable bonds is 4. The number of methoxy groups -OCH3 is 1. The zero-order chi connectivity index (χ0) is 10.9. The average molecular weight is 233 g/mol. The zero-order valence-corrected chi connectivity index (χ0v) is 10.0. The molecule has 0 amide bonds. The third-order valence-electron chi connectivity index (χ3n) is 3.28. The topological polar surface area (TPSA) is 46.6 Å². The van der Waals surface area contributed by atoms with Crippen LogP contribution >= 0.6 is 0 Å². The lowest BCUT2D eigenvalue weighted by Gasteiger charge is -2.30. The molecule has 0 aromatic carbocycles. The minimum atomic E-state index is -2.93. The molecule has 5 heteroatoms. The van der Waals surface area contributed by atoms with Crippen molar-refractivity contribution in [3.63, 3.8) is 0 Å². The molecule has 2 rings (SSSR count). The summed E-state index contributed by atoms with van der Waals surface area (Å²) in [4.78, 5) is 0. The van der Waals surface area contributed by atoms with Gasteiger partial charge in [0.2, 0.25) is 10.0 Å². The smallest absolute Gasteiger partial charge is 0.216 e. The molecule has 0 bridgehead atoms. The van der Waals surface area contributed by atoms with Gasteiger partial charge in [-0.05, 0) is 31.6 Å². The number of hydrogen-bond acceptors (Lipinski definition) is 3. The van der Waals surface area contributed by atoms with Gasteiger partial charge in [0.05, 0.1) is 5.25 Å². The van der Waals surface area contributed by atoms with Crippen molar-refractivity contribution in [2.75, 3.05) is 26.8 Å². The van der Waals surface area contributed by atoms with Gasteiger partial charge < -0.3 is 4.74 Å². The SMILES string of the molecule is COCC1CCN(S(=O)(=O)C2CC2)CC1. The third kappa shape index (κ3) is 2.52. The Morgan fingerprint density at radius 2 is 1.80 bits per heavy atom. The lowest BCUT2D eigenvalue weighted by molar-refractivity contribution is 0.121. The monoisotopic (exact) mass is 233 g/mol. The van der Waals surface area contributed by atoms with Gasteiger partial charge in [-0.1, -0.05) is 0 Å². The molecule has 0 spiro atoms. The fraction of sp³-hybridized carbons (Fsp3) is 1.00. The predicted octanol–water partition coefficient (Wildman–Crippen LogP) is 0.837. The molecular formula is C10H19NO3S. The molecule has 0 atom stereocenters. The highest BCUT2D eigenvalue weighted by molar-refractivity contribution is 7.90. The largest absolute Gasteiger partial charge is 0.384 e. The fourth-order valence-corrected chi connectivity index (χ4v) is 4.02. The van der Waals surface area contributed by atoms with Crippen molar-refractivity contribution in [1.82, 2.24) is 4.31 Å². The summed E-state index contributed by atoms with van der Waals surface area (Å²) >= 11 is 0. The van der Waals surface area contributed by atoms with Crippen molar-refractivity contribution in [3.8, 4) is 0 Å². The van der Waals surface area contributed by atoms with Crippen LogP contribution < -0.4 is 0 Å². The third-order valence-corrected chi connectivity index (χ3v) is 5.68. The lowest BCUT2D eigenvalue weighted by atomic mass is 9.99. The molecule has 1 saturated heterocycles. The van der Waals surface area contributed by atoms with Gasteiger partial charge in [-0.3, -0.25) is 0 Å². The van der Waals surface area contributed by atoms with Crippen molar-refractivity contribution >= 4 is 10.0 Å². The van der Waals surface area contributed by atoms with E-state index in [1.54, 1.807) is 11.4 Å². The standard InChI is InChI=1S/C10H19NO3S/c1-14-8-9-4-6-11(7-5-9)15(12,13)10-2-3-10/h9-10H,2-8H2,1H3. The average Bonchev–Trinajstić information content (AvgIpc) is 3.02. The van der Waals surface area contributed by atoms with Crippen LogP contribution in [0.15, 0.2) is 0 Å². The van der Waals surface area contributed by atoms with E-state index in [-0.39, 0.29) is 5.25 Å². The van der Waals surface area contributed by atoms with Crippen LogP contribution in [-0.2, 0) is 14.8 Å². The van der Waals surface area contributed by atoms with Gasteiger partial charge in [0.1, 0.15) is 0 Å². The van der Waals surface area contributed by atoms with Gasteiger partial charge in [-0.2, -0.15) is 0 Å². The van der Waals surface area contributed by atoms with E-state index in [4.69, 9.17) is 4.74 Å². The van der Waals surface area contributed by atoms with Crippen LogP contribution in [0.5, 0.6) is 0 Å². The van der Waals surface area contributed by atoms with E-state index in [9.17, 15) is 8.42 Å². The predicted molar refractivity (Wildman–Crippen MR) is 58.1 cm³/mol. The van der Waals surface area contributed by atoms with Crippen molar-refractivity contribution in [3.05, 3.63) is 0 Å². The van der Waals surface area contributed by atoms with Crippen molar-refractivity contribution in [1.29, 1.82) is 0 Å². The molecule has 1 heterocycles.